The minimum atomic E-state index is 0.694. The minimum absolute atomic E-state index is 0.694. The predicted molar refractivity (Wildman–Crippen MR) is 176 cm³/mol. The molecule has 4 aromatic carbocycles. The number of fused-ring (bicyclic) bond motifs is 9. The number of unbranched alkanes of at least 4 members (excludes halogenated alkanes) is 10. The van der Waals surface area contributed by atoms with Crippen LogP contribution in [-0.4, -0.2) is 13.2 Å². The van der Waals surface area contributed by atoms with Gasteiger partial charge in [-0.25, -0.2) is 0 Å². The van der Waals surface area contributed by atoms with Gasteiger partial charge in [0.2, 0.25) is 0 Å². The molecular formula is C38H44O4. The largest absolute Gasteiger partial charge is 0.490 e. The van der Waals surface area contributed by atoms with Gasteiger partial charge in [0, 0.05) is 27.6 Å². The second-order valence-corrected chi connectivity index (χ2v) is 11.7. The van der Waals surface area contributed by atoms with E-state index in [1.165, 1.54) is 69.6 Å². The highest BCUT2D eigenvalue weighted by Crippen LogP contribution is 2.43. The molecule has 0 aliphatic heterocycles. The molecule has 0 aliphatic carbocycles. The van der Waals surface area contributed by atoms with E-state index < -0.39 is 0 Å². The standard InChI is InChI=1S/C38H44O4/c1-3-5-7-9-11-15-23-39-35-25-30-34(26-36(35)40-24-16-12-10-8-6-4-2)42-33-22-19-27-28(38(30)33)20-21-32-37(27)29-17-13-14-18-31(29)41-32/h13-14,17-22,25-26H,3-12,15-16,23-24H2,1-2H3. The molecule has 0 unspecified atom stereocenters. The Labute approximate surface area is 248 Å². The first kappa shape index (κ1) is 28.5. The van der Waals surface area contributed by atoms with Crippen molar-refractivity contribution in [2.24, 2.45) is 0 Å². The summed E-state index contributed by atoms with van der Waals surface area (Å²) in [7, 11) is 0. The van der Waals surface area contributed by atoms with Crippen LogP contribution >= 0.6 is 0 Å². The van der Waals surface area contributed by atoms with Gasteiger partial charge < -0.3 is 18.3 Å². The lowest BCUT2D eigenvalue weighted by molar-refractivity contribution is 0.259. The van der Waals surface area contributed by atoms with E-state index in [-0.39, 0.29) is 0 Å². The van der Waals surface area contributed by atoms with Crippen molar-refractivity contribution in [1.29, 1.82) is 0 Å². The number of furan rings is 2. The number of para-hydroxylation sites is 1. The highest BCUT2D eigenvalue weighted by molar-refractivity contribution is 6.27. The lowest BCUT2D eigenvalue weighted by Crippen LogP contribution is -2.03. The Morgan fingerprint density at radius 3 is 1.62 bits per heavy atom. The van der Waals surface area contributed by atoms with E-state index in [1.54, 1.807) is 0 Å². The van der Waals surface area contributed by atoms with Crippen molar-refractivity contribution in [2.45, 2.75) is 90.9 Å². The number of hydrogen-bond donors (Lipinski definition) is 0. The van der Waals surface area contributed by atoms with Crippen molar-refractivity contribution >= 4 is 54.6 Å². The zero-order valence-electron chi connectivity index (χ0n) is 25.3. The van der Waals surface area contributed by atoms with Crippen molar-refractivity contribution in [3.8, 4) is 11.5 Å². The van der Waals surface area contributed by atoms with Gasteiger partial charge in [-0.15, -0.1) is 0 Å². The summed E-state index contributed by atoms with van der Waals surface area (Å²) in [6, 6.07) is 21.0. The van der Waals surface area contributed by atoms with Crippen LogP contribution in [0.2, 0.25) is 0 Å². The van der Waals surface area contributed by atoms with Gasteiger partial charge in [0.1, 0.15) is 22.3 Å². The van der Waals surface area contributed by atoms with Gasteiger partial charge in [-0.05, 0) is 60.0 Å². The van der Waals surface area contributed by atoms with Gasteiger partial charge in [0.15, 0.2) is 11.5 Å². The van der Waals surface area contributed by atoms with Crippen LogP contribution in [0.5, 0.6) is 11.5 Å². The van der Waals surface area contributed by atoms with E-state index in [0.717, 1.165) is 73.6 Å². The third-order valence-corrected chi connectivity index (χ3v) is 8.55. The molecule has 4 nitrogen and oxygen atoms in total. The summed E-state index contributed by atoms with van der Waals surface area (Å²) in [6.07, 6.45) is 14.8. The van der Waals surface area contributed by atoms with Gasteiger partial charge in [0.05, 0.1) is 13.2 Å². The second kappa shape index (κ2) is 13.5. The molecule has 6 aromatic rings. The number of hydrogen-bond acceptors (Lipinski definition) is 4. The van der Waals surface area contributed by atoms with E-state index in [0.29, 0.717) is 13.2 Å². The summed E-state index contributed by atoms with van der Waals surface area (Å²) in [5, 5.41) is 6.80. The molecule has 2 heterocycles. The Balaban J connectivity index is 1.33. The topological polar surface area (TPSA) is 44.7 Å². The van der Waals surface area contributed by atoms with Crippen molar-refractivity contribution in [1.82, 2.24) is 0 Å². The first-order valence-corrected chi connectivity index (χ1v) is 16.3. The van der Waals surface area contributed by atoms with Crippen LogP contribution in [0, 0.1) is 0 Å². The molecular weight excluding hydrogens is 520 g/mol. The van der Waals surface area contributed by atoms with Gasteiger partial charge >= 0.3 is 0 Å². The summed E-state index contributed by atoms with van der Waals surface area (Å²) in [4.78, 5) is 0. The van der Waals surface area contributed by atoms with E-state index in [9.17, 15) is 0 Å². The van der Waals surface area contributed by atoms with Crippen LogP contribution in [0.3, 0.4) is 0 Å². The number of benzene rings is 4. The zero-order chi connectivity index (χ0) is 28.7. The third-order valence-electron chi connectivity index (χ3n) is 8.55. The molecule has 0 fully saturated rings. The van der Waals surface area contributed by atoms with Gasteiger partial charge in [0.25, 0.3) is 0 Å². The van der Waals surface area contributed by atoms with Crippen molar-refractivity contribution in [3.05, 3.63) is 60.7 Å². The molecule has 0 spiro atoms. The first-order chi connectivity index (χ1) is 20.8. The van der Waals surface area contributed by atoms with Gasteiger partial charge in [-0.1, -0.05) is 96.3 Å². The van der Waals surface area contributed by atoms with E-state index in [4.69, 9.17) is 18.3 Å². The Kier molecular flexibility index (Phi) is 9.18. The minimum Gasteiger partial charge on any atom is -0.490 e. The molecule has 0 N–H and O–H groups in total. The van der Waals surface area contributed by atoms with E-state index >= 15 is 0 Å². The number of rotatable bonds is 16. The van der Waals surface area contributed by atoms with Crippen molar-refractivity contribution in [3.63, 3.8) is 0 Å². The average Bonchev–Trinajstić information content (AvgIpc) is 3.58. The lowest BCUT2D eigenvalue weighted by Gasteiger charge is -2.13. The molecule has 0 saturated carbocycles. The normalized spacial score (nSPS) is 12.0. The van der Waals surface area contributed by atoms with E-state index in [1.807, 2.05) is 18.2 Å². The SMILES string of the molecule is CCCCCCCCOc1cc2oc3ccc4c(ccc5oc6ccccc6c54)c3c2cc1OCCCCCCCC. The fourth-order valence-electron chi connectivity index (χ4n) is 6.27. The first-order valence-electron chi connectivity index (χ1n) is 16.3. The maximum atomic E-state index is 6.43. The third kappa shape index (κ3) is 5.95. The van der Waals surface area contributed by atoms with Gasteiger partial charge in [-0.2, -0.15) is 0 Å². The summed E-state index contributed by atoms with van der Waals surface area (Å²) >= 11 is 0. The van der Waals surface area contributed by atoms with Crippen LogP contribution in [0.1, 0.15) is 90.9 Å². The monoisotopic (exact) mass is 564 g/mol. The molecule has 0 aliphatic rings. The van der Waals surface area contributed by atoms with Crippen LogP contribution in [0.25, 0.3) is 54.6 Å². The quantitative estimate of drug-likeness (QED) is 0.110. The fourth-order valence-corrected chi connectivity index (χ4v) is 6.27. The highest BCUT2D eigenvalue weighted by Gasteiger charge is 2.18. The maximum Gasteiger partial charge on any atom is 0.164 e. The summed E-state index contributed by atoms with van der Waals surface area (Å²) < 4.78 is 25.4. The lowest BCUT2D eigenvalue weighted by atomic mass is 9.99. The Morgan fingerprint density at radius 2 is 0.976 bits per heavy atom. The Hall–Kier alpha value is -3.66. The summed E-state index contributed by atoms with van der Waals surface area (Å²) in [6.45, 7) is 5.91. The molecule has 0 bridgehead atoms. The Bertz CT molecular complexity index is 1770. The molecule has 0 amide bonds. The summed E-state index contributed by atoms with van der Waals surface area (Å²) in [5.74, 6) is 1.60. The van der Waals surface area contributed by atoms with Crippen LogP contribution in [0.15, 0.2) is 69.5 Å². The molecule has 2 aromatic heterocycles. The maximum absolute atomic E-state index is 6.43. The number of ether oxygens (including phenoxy) is 2. The summed E-state index contributed by atoms with van der Waals surface area (Å²) in [5.41, 5.74) is 3.53. The fraction of sp³-hybridized carbons (Fsp3) is 0.421. The van der Waals surface area contributed by atoms with Crippen LogP contribution in [-0.2, 0) is 0 Å². The Morgan fingerprint density at radius 1 is 0.452 bits per heavy atom. The predicted octanol–water partition coefficient (Wildman–Crippen LogP) is 12.1. The van der Waals surface area contributed by atoms with Crippen LogP contribution < -0.4 is 9.47 Å². The molecule has 220 valence electrons. The molecule has 0 atom stereocenters. The molecule has 0 saturated heterocycles. The average molecular weight is 565 g/mol. The second-order valence-electron chi connectivity index (χ2n) is 11.7. The highest BCUT2D eigenvalue weighted by atomic mass is 16.5. The molecule has 4 heteroatoms. The molecule has 6 rings (SSSR count). The van der Waals surface area contributed by atoms with Crippen LogP contribution in [0.4, 0.5) is 0 Å². The van der Waals surface area contributed by atoms with E-state index in [2.05, 4.69) is 56.3 Å². The zero-order valence-corrected chi connectivity index (χ0v) is 25.3. The molecule has 0 radical (unpaired) electrons. The van der Waals surface area contributed by atoms with Crippen molar-refractivity contribution < 1.29 is 18.3 Å². The smallest absolute Gasteiger partial charge is 0.164 e. The van der Waals surface area contributed by atoms with Crippen molar-refractivity contribution in [2.75, 3.05) is 13.2 Å². The van der Waals surface area contributed by atoms with Gasteiger partial charge in [-0.3, -0.25) is 0 Å². The molecule has 42 heavy (non-hydrogen) atoms.